The number of rotatable bonds is 2. The van der Waals surface area contributed by atoms with Crippen LogP contribution in [-0.4, -0.2) is 48.6 Å². The Kier molecular flexibility index (Phi) is 1.90. The number of hydrogen-bond donors (Lipinski definition) is 0. The van der Waals surface area contributed by atoms with E-state index in [0.29, 0.717) is 0 Å². The van der Waals surface area contributed by atoms with E-state index in [-0.39, 0.29) is 0 Å². The van der Waals surface area contributed by atoms with Crippen LogP contribution < -0.4 is 0 Å². The molecule has 3 rings (SSSR count). The van der Waals surface area contributed by atoms with Gasteiger partial charge in [-0.3, -0.25) is 4.90 Å². The molecule has 64 valence electrons. The molecule has 0 aromatic carbocycles. The van der Waals surface area contributed by atoms with Crippen molar-refractivity contribution in [2.24, 2.45) is 0 Å². The Labute approximate surface area is 69.2 Å². The topological polar surface area (TPSA) is 6.48 Å². The van der Waals surface area contributed by atoms with Crippen LogP contribution in [-0.2, 0) is 0 Å². The highest BCUT2D eigenvalue weighted by atomic mass is 15.3. The maximum absolute atomic E-state index is 2.61. The van der Waals surface area contributed by atoms with Gasteiger partial charge < -0.3 is 4.90 Å². The van der Waals surface area contributed by atoms with Gasteiger partial charge in [-0.2, -0.15) is 0 Å². The smallest absolute Gasteiger partial charge is 0.0238 e. The fourth-order valence-electron chi connectivity index (χ4n) is 2.38. The molecule has 0 aliphatic carbocycles. The number of piperazine rings is 1. The van der Waals surface area contributed by atoms with Crippen LogP contribution in [0, 0.1) is 0 Å². The third-order valence-electron chi connectivity index (χ3n) is 3.17. The molecule has 0 spiro atoms. The zero-order chi connectivity index (χ0) is 7.84. The molecule has 3 aliphatic rings. The number of nitrogens with zero attached hydrogens (tertiary/aromatic N) is 2. The molecule has 2 atom stereocenters. The Morgan fingerprint density at radius 3 is 2.36 bits per heavy atom. The summed E-state index contributed by atoms with van der Waals surface area (Å²) in [7, 11) is 2.27. The first kappa shape index (κ1) is 7.56. The second-order valence-electron chi connectivity index (χ2n) is 3.97. The maximum atomic E-state index is 2.61. The summed E-state index contributed by atoms with van der Waals surface area (Å²) in [6.07, 6.45) is 2.76. The Morgan fingerprint density at radius 1 is 1.27 bits per heavy atom. The standard InChI is InChI=1S/C9H18N2/c1-3-4-11-6-8-5-9(7-11)10(8)2/h8-9H,3-7H2,1-2H3. The summed E-state index contributed by atoms with van der Waals surface area (Å²) in [6.45, 7) is 6.21. The van der Waals surface area contributed by atoms with E-state index in [4.69, 9.17) is 0 Å². The van der Waals surface area contributed by atoms with Crippen molar-refractivity contribution in [1.29, 1.82) is 0 Å². The highest BCUT2D eigenvalue weighted by Gasteiger charge is 2.41. The van der Waals surface area contributed by atoms with Gasteiger partial charge in [0, 0.05) is 25.2 Å². The van der Waals surface area contributed by atoms with Crippen molar-refractivity contribution in [1.82, 2.24) is 9.80 Å². The summed E-state index contributed by atoms with van der Waals surface area (Å²) in [5.74, 6) is 0. The van der Waals surface area contributed by atoms with E-state index in [0.717, 1.165) is 12.1 Å². The summed E-state index contributed by atoms with van der Waals surface area (Å²) in [4.78, 5) is 5.14. The third-order valence-corrected chi connectivity index (χ3v) is 3.17. The van der Waals surface area contributed by atoms with Crippen LogP contribution in [0.4, 0.5) is 0 Å². The molecular formula is C9H18N2. The largest absolute Gasteiger partial charge is 0.300 e. The first-order chi connectivity index (χ1) is 5.31. The van der Waals surface area contributed by atoms with Crippen LogP contribution in [0.3, 0.4) is 0 Å². The number of fused-ring (bicyclic) bond motifs is 2. The lowest BCUT2D eigenvalue weighted by Crippen LogP contribution is -2.67. The van der Waals surface area contributed by atoms with Gasteiger partial charge in [-0.05, 0) is 26.4 Å². The van der Waals surface area contributed by atoms with Crippen molar-refractivity contribution in [3.05, 3.63) is 0 Å². The van der Waals surface area contributed by atoms with Crippen LogP contribution in [0.15, 0.2) is 0 Å². The van der Waals surface area contributed by atoms with E-state index < -0.39 is 0 Å². The molecule has 0 aromatic heterocycles. The second-order valence-corrected chi connectivity index (χ2v) is 3.97. The molecule has 3 fully saturated rings. The number of piperidine rings is 1. The third kappa shape index (κ3) is 1.18. The Balaban J connectivity index is 1.84. The zero-order valence-corrected chi connectivity index (χ0v) is 7.58. The molecule has 3 saturated heterocycles. The molecule has 2 heteroatoms. The van der Waals surface area contributed by atoms with Crippen molar-refractivity contribution >= 4 is 0 Å². The molecule has 2 unspecified atom stereocenters. The molecule has 0 amide bonds. The van der Waals surface area contributed by atoms with Crippen molar-refractivity contribution in [2.45, 2.75) is 31.8 Å². The Bertz CT molecular complexity index is 134. The van der Waals surface area contributed by atoms with Crippen LogP contribution in [0.5, 0.6) is 0 Å². The van der Waals surface area contributed by atoms with Gasteiger partial charge in [0.05, 0.1) is 0 Å². The molecular weight excluding hydrogens is 136 g/mol. The van der Waals surface area contributed by atoms with Crippen LogP contribution >= 0.6 is 0 Å². The van der Waals surface area contributed by atoms with Crippen molar-refractivity contribution in [3.8, 4) is 0 Å². The van der Waals surface area contributed by atoms with Crippen molar-refractivity contribution in [3.63, 3.8) is 0 Å². The highest BCUT2D eigenvalue weighted by Crippen LogP contribution is 2.29. The summed E-state index contributed by atoms with van der Waals surface area (Å²) in [5.41, 5.74) is 0. The molecule has 2 nitrogen and oxygen atoms in total. The molecule has 0 N–H and O–H groups in total. The van der Waals surface area contributed by atoms with Gasteiger partial charge in [0.15, 0.2) is 0 Å². The van der Waals surface area contributed by atoms with Gasteiger partial charge in [-0.25, -0.2) is 0 Å². The average Bonchev–Trinajstić information content (AvgIpc) is 2.05. The van der Waals surface area contributed by atoms with Gasteiger partial charge in [0.2, 0.25) is 0 Å². The molecule has 11 heavy (non-hydrogen) atoms. The minimum atomic E-state index is 0.889. The van der Waals surface area contributed by atoms with Gasteiger partial charge in [0.25, 0.3) is 0 Å². The van der Waals surface area contributed by atoms with Gasteiger partial charge in [0.1, 0.15) is 0 Å². The van der Waals surface area contributed by atoms with E-state index in [9.17, 15) is 0 Å². The summed E-state index contributed by atoms with van der Waals surface area (Å²) < 4.78 is 0. The summed E-state index contributed by atoms with van der Waals surface area (Å²) in [6, 6.07) is 1.78. The Hall–Kier alpha value is -0.0800. The van der Waals surface area contributed by atoms with E-state index in [1.807, 2.05) is 0 Å². The van der Waals surface area contributed by atoms with E-state index >= 15 is 0 Å². The molecule has 2 bridgehead atoms. The zero-order valence-electron chi connectivity index (χ0n) is 7.58. The fraction of sp³-hybridized carbons (Fsp3) is 1.00. The normalized spacial score (nSPS) is 38.7. The Morgan fingerprint density at radius 2 is 1.91 bits per heavy atom. The van der Waals surface area contributed by atoms with Crippen LogP contribution in [0.25, 0.3) is 0 Å². The highest BCUT2D eigenvalue weighted by molar-refractivity contribution is 4.98. The summed E-state index contributed by atoms with van der Waals surface area (Å²) >= 11 is 0. The molecule has 0 radical (unpaired) electrons. The lowest BCUT2D eigenvalue weighted by molar-refractivity contribution is -0.0500. The molecule has 0 saturated carbocycles. The minimum absolute atomic E-state index is 0.889. The van der Waals surface area contributed by atoms with Gasteiger partial charge in [-0.15, -0.1) is 0 Å². The van der Waals surface area contributed by atoms with E-state index in [1.54, 1.807) is 0 Å². The lowest BCUT2D eigenvalue weighted by Gasteiger charge is -2.55. The first-order valence-electron chi connectivity index (χ1n) is 4.75. The summed E-state index contributed by atoms with van der Waals surface area (Å²) in [5, 5.41) is 0. The number of hydrogen-bond acceptors (Lipinski definition) is 2. The predicted octanol–water partition coefficient (Wildman–Crippen LogP) is 0.785. The second kappa shape index (κ2) is 2.76. The number of likely N-dealkylation sites (N-methyl/N-ethyl adjacent to an activating group) is 1. The fourth-order valence-corrected chi connectivity index (χ4v) is 2.38. The SMILES string of the molecule is CCCN1CC2CC(C1)N2C. The van der Waals surface area contributed by atoms with Crippen molar-refractivity contribution < 1.29 is 0 Å². The van der Waals surface area contributed by atoms with Crippen molar-refractivity contribution in [2.75, 3.05) is 26.7 Å². The van der Waals surface area contributed by atoms with E-state index in [1.165, 1.54) is 32.5 Å². The quantitative estimate of drug-likeness (QED) is 0.580. The van der Waals surface area contributed by atoms with E-state index in [2.05, 4.69) is 23.8 Å². The monoisotopic (exact) mass is 154 g/mol. The van der Waals surface area contributed by atoms with Crippen LogP contribution in [0.2, 0.25) is 0 Å². The first-order valence-corrected chi connectivity index (χ1v) is 4.75. The predicted molar refractivity (Wildman–Crippen MR) is 46.7 cm³/mol. The van der Waals surface area contributed by atoms with Crippen LogP contribution in [0.1, 0.15) is 19.8 Å². The lowest BCUT2D eigenvalue weighted by atomic mass is 9.88. The molecule has 3 heterocycles. The maximum Gasteiger partial charge on any atom is 0.0238 e. The molecule has 0 aromatic rings. The average molecular weight is 154 g/mol. The van der Waals surface area contributed by atoms with Gasteiger partial charge in [-0.1, -0.05) is 6.92 Å². The minimum Gasteiger partial charge on any atom is -0.300 e. The molecule has 3 aliphatic heterocycles. The van der Waals surface area contributed by atoms with Gasteiger partial charge >= 0.3 is 0 Å².